The third-order valence-electron chi connectivity index (χ3n) is 5.73. The van der Waals surface area contributed by atoms with Crippen molar-refractivity contribution in [2.45, 2.75) is 59.2 Å². The normalized spacial score (nSPS) is 13.1. The van der Waals surface area contributed by atoms with Crippen LogP contribution in [-0.4, -0.2) is 50.0 Å². The van der Waals surface area contributed by atoms with Crippen molar-refractivity contribution in [3.8, 4) is 0 Å². The maximum Gasteiger partial charge on any atom is 0.244 e. The van der Waals surface area contributed by atoms with Crippen molar-refractivity contribution in [3.05, 3.63) is 64.4 Å². The van der Waals surface area contributed by atoms with Crippen molar-refractivity contribution in [2.75, 3.05) is 17.1 Å². The second-order valence-electron chi connectivity index (χ2n) is 8.62. The molecule has 192 valence electrons. The minimum absolute atomic E-state index is 0.0552. The Morgan fingerprint density at radius 3 is 2.23 bits per heavy atom. The number of nitrogens with zero attached hydrogens (tertiary/aromatic N) is 2. The van der Waals surface area contributed by atoms with Gasteiger partial charge in [0.25, 0.3) is 0 Å². The molecule has 0 unspecified atom stereocenters. The molecule has 0 bridgehead atoms. The van der Waals surface area contributed by atoms with E-state index in [1.165, 1.54) is 11.0 Å². The molecular weight excluding hydrogens is 493 g/mol. The molecule has 0 saturated carbocycles. The van der Waals surface area contributed by atoms with Gasteiger partial charge in [0.2, 0.25) is 21.8 Å². The lowest BCUT2D eigenvalue weighted by Crippen LogP contribution is -2.53. The van der Waals surface area contributed by atoms with Crippen LogP contribution in [-0.2, 0) is 26.2 Å². The number of hydrogen-bond donors (Lipinski definition) is 1. The Balaban J connectivity index is 2.45. The zero-order valence-electron chi connectivity index (χ0n) is 20.7. The maximum atomic E-state index is 13.7. The zero-order valence-corrected chi connectivity index (χ0v) is 22.3. The van der Waals surface area contributed by atoms with E-state index in [-0.39, 0.29) is 29.2 Å². The fourth-order valence-corrected chi connectivity index (χ4v) is 4.52. The number of halogens is 2. The van der Waals surface area contributed by atoms with E-state index < -0.39 is 34.3 Å². The lowest BCUT2D eigenvalue weighted by molar-refractivity contribution is -0.140. The van der Waals surface area contributed by atoms with E-state index in [1.54, 1.807) is 6.92 Å². The first-order valence-electron chi connectivity index (χ1n) is 11.5. The number of nitrogens with one attached hydrogen (secondary N) is 1. The Kier molecular flexibility index (Phi) is 10.1. The number of aryl methyl sites for hydroxylation is 1. The van der Waals surface area contributed by atoms with Crippen LogP contribution in [0.5, 0.6) is 0 Å². The molecule has 0 heterocycles. The van der Waals surface area contributed by atoms with Gasteiger partial charge in [-0.05, 0) is 50.5 Å². The Labute approximate surface area is 212 Å². The number of benzene rings is 2. The summed E-state index contributed by atoms with van der Waals surface area (Å²) in [6.45, 7) is 7.11. The van der Waals surface area contributed by atoms with Crippen molar-refractivity contribution < 1.29 is 22.4 Å². The van der Waals surface area contributed by atoms with Crippen LogP contribution in [0.3, 0.4) is 0 Å². The lowest BCUT2D eigenvalue weighted by atomic mass is 10.1. The predicted octanol–water partition coefficient (Wildman–Crippen LogP) is 4.28. The van der Waals surface area contributed by atoms with Crippen LogP contribution >= 0.6 is 11.6 Å². The first kappa shape index (κ1) is 28.6. The first-order valence-corrected chi connectivity index (χ1v) is 13.7. The van der Waals surface area contributed by atoms with Crippen LogP contribution in [0, 0.1) is 12.7 Å². The monoisotopic (exact) mass is 525 g/mol. The van der Waals surface area contributed by atoms with Crippen molar-refractivity contribution in [2.24, 2.45) is 0 Å². The minimum atomic E-state index is -3.93. The van der Waals surface area contributed by atoms with Gasteiger partial charge in [0, 0.05) is 12.6 Å². The molecule has 0 saturated heterocycles. The van der Waals surface area contributed by atoms with Gasteiger partial charge >= 0.3 is 0 Å². The van der Waals surface area contributed by atoms with Gasteiger partial charge in [-0.15, -0.1) is 0 Å². The standard InChI is InChI=1S/C25H33ClFN3O4S/c1-6-18(4)28-25(32)23(7-2)29(15-19-10-8-17(3)9-11-19)24(31)16-30(35(5,33)34)20-12-13-22(27)21(26)14-20/h8-14,18,23H,6-7,15-16H2,1-5H3,(H,28,32)/t18-,23-/m0/s1. The molecule has 2 atom stereocenters. The number of anilines is 1. The number of sulfonamides is 1. The Morgan fingerprint density at radius 2 is 1.71 bits per heavy atom. The van der Waals surface area contributed by atoms with Gasteiger partial charge in [0.1, 0.15) is 18.4 Å². The second-order valence-corrected chi connectivity index (χ2v) is 10.9. The van der Waals surface area contributed by atoms with E-state index in [0.717, 1.165) is 40.2 Å². The number of carbonyl (C=O) groups is 2. The molecule has 0 fully saturated rings. The molecule has 10 heteroatoms. The Hall–Kier alpha value is -2.65. The molecule has 0 spiro atoms. The summed E-state index contributed by atoms with van der Waals surface area (Å²) in [5, 5.41) is 2.65. The molecule has 7 nitrogen and oxygen atoms in total. The third-order valence-corrected chi connectivity index (χ3v) is 7.16. The van der Waals surface area contributed by atoms with E-state index >= 15 is 0 Å². The van der Waals surface area contributed by atoms with Gasteiger partial charge in [-0.25, -0.2) is 12.8 Å². The number of hydrogen-bond acceptors (Lipinski definition) is 4. The van der Waals surface area contributed by atoms with Gasteiger partial charge in [0.15, 0.2) is 0 Å². The summed E-state index contributed by atoms with van der Waals surface area (Å²) in [4.78, 5) is 28.1. The van der Waals surface area contributed by atoms with E-state index in [9.17, 15) is 22.4 Å². The molecule has 2 aromatic carbocycles. The van der Waals surface area contributed by atoms with E-state index in [1.807, 2.05) is 45.0 Å². The minimum Gasteiger partial charge on any atom is -0.352 e. The van der Waals surface area contributed by atoms with Crippen molar-refractivity contribution in [1.82, 2.24) is 10.2 Å². The highest BCUT2D eigenvalue weighted by Crippen LogP contribution is 2.25. The molecule has 2 amide bonds. The second kappa shape index (κ2) is 12.4. The van der Waals surface area contributed by atoms with Gasteiger partial charge in [-0.1, -0.05) is 55.3 Å². The average molecular weight is 526 g/mol. The van der Waals surface area contributed by atoms with E-state index in [4.69, 9.17) is 11.6 Å². The van der Waals surface area contributed by atoms with Gasteiger partial charge in [-0.2, -0.15) is 0 Å². The maximum absolute atomic E-state index is 13.7. The van der Waals surface area contributed by atoms with Gasteiger partial charge in [0.05, 0.1) is 17.0 Å². The Bertz CT molecular complexity index is 1140. The summed E-state index contributed by atoms with van der Waals surface area (Å²) in [7, 11) is -3.93. The molecule has 35 heavy (non-hydrogen) atoms. The lowest BCUT2D eigenvalue weighted by Gasteiger charge is -2.33. The topological polar surface area (TPSA) is 86.8 Å². The van der Waals surface area contributed by atoms with Crippen molar-refractivity contribution in [3.63, 3.8) is 0 Å². The molecule has 0 aliphatic heterocycles. The SMILES string of the molecule is CC[C@H](C)NC(=O)[C@H](CC)N(Cc1ccc(C)cc1)C(=O)CN(c1ccc(F)c(Cl)c1)S(C)(=O)=O. The average Bonchev–Trinajstić information content (AvgIpc) is 2.79. The number of rotatable bonds is 11. The van der Waals surface area contributed by atoms with Crippen molar-refractivity contribution in [1.29, 1.82) is 0 Å². The van der Waals surface area contributed by atoms with E-state index in [2.05, 4.69) is 5.32 Å². The summed E-state index contributed by atoms with van der Waals surface area (Å²) in [5.41, 5.74) is 1.90. The smallest absolute Gasteiger partial charge is 0.244 e. The summed E-state index contributed by atoms with van der Waals surface area (Å²) in [5.74, 6) is -1.58. The molecular formula is C25H33ClFN3O4S. The molecule has 2 aromatic rings. The molecule has 0 aromatic heterocycles. The molecule has 1 N–H and O–H groups in total. The van der Waals surface area contributed by atoms with Crippen molar-refractivity contribution >= 4 is 39.1 Å². The van der Waals surface area contributed by atoms with Crippen LogP contribution in [0.1, 0.15) is 44.7 Å². The summed E-state index contributed by atoms with van der Waals surface area (Å²) in [6, 6.07) is 10.1. The molecule has 2 rings (SSSR count). The summed E-state index contributed by atoms with van der Waals surface area (Å²) < 4.78 is 39.7. The highest BCUT2D eigenvalue weighted by atomic mass is 35.5. The number of carbonyl (C=O) groups excluding carboxylic acids is 2. The highest BCUT2D eigenvalue weighted by Gasteiger charge is 2.32. The Morgan fingerprint density at radius 1 is 1.09 bits per heavy atom. The molecule has 0 aliphatic rings. The summed E-state index contributed by atoms with van der Waals surface area (Å²) in [6.07, 6.45) is 2.01. The van der Waals surface area contributed by atoms with Crippen LogP contribution in [0.2, 0.25) is 5.02 Å². The van der Waals surface area contributed by atoms with E-state index in [0.29, 0.717) is 6.42 Å². The first-order chi connectivity index (χ1) is 16.4. The van der Waals surface area contributed by atoms with Gasteiger partial charge in [-0.3, -0.25) is 13.9 Å². The summed E-state index contributed by atoms with van der Waals surface area (Å²) >= 11 is 5.86. The van der Waals surface area contributed by atoms with Crippen LogP contribution in [0.25, 0.3) is 0 Å². The van der Waals surface area contributed by atoms with Crippen LogP contribution in [0.15, 0.2) is 42.5 Å². The zero-order chi connectivity index (χ0) is 26.3. The fraction of sp³-hybridized carbons (Fsp3) is 0.440. The van der Waals surface area contributed by atoms with Crippen LogP contribution in [0.4, 0.5) is 10.1 Å². The highest BCUT2D eigenvalue weighted by molar-refractivity contribution is 7.92. The predicted molar refractivity (Wildman–Crippen MR) is 137 cm³/mol. The third kappa shape index (κ3) is 7.93. The van der Waals surface area contributed by atoms with Crippen LogP contribution < -0.4 is 9.62 Å². The number of amides is 2. The quantitative estimate of drug-likeness (QED) is 0.474. The molecule has 0 radical (unpaired) electrons. The molecule has 0 aliphatic carbocycles. The largest absolute Gasteiger partial charge is 0.352 e. The fourth-order valence-electron chi connectivity index (χ4n) is 3.50. The van der Waals surface area contributed by atoms with Gasteiger partial charge < -0.3 is 10.2 Å².